The minimum absolute atomic E-state index is 0.385. The highest BCUT2D eigenvalue weighted by Gasteiger charge is 2.15. The molecule has 0 aliphatic carbocycles. The molecule has 2 unspecified atom stereocenters. The van der Waals surface area contributed by atoms with E-state index < -0.39 is 0 Å². The van der Waals surface area contributed by atoms with Crippen molar-refractivity contribution in [1.29, 1.82) is 0 Å². The molecular formula is C10H18N2O. The summed E-state index contributed by atoms with van der Waals surface area (Å²) in [4.78, 5) is 4.22. The maximum atomic E-state index is 5.11. The second-order valence-electron chi connectivity index (χ2n) is 3.83. The van der Waals surface area contributed by atoms with Crippen LogP contribution in [0.4, 0.5) is 0 Å². The SMILES string of the molecule is CCC(C)CC(C)c1nc(C)no1. The number of aryl methyl sites for hydroxylation is 1. The fraction of sp³-hybridized carbons (Fsp3) is 0.800. The molecule has 3 nitrogen and oxygen atoms in total. The Morgan fingerprint density at radius 2 is 2.08 bits per heavy atom. The van der Waals surface area contributed by atoms with Crippen LogP contribution >= 0.6 is 0 Å². The first-order valence-corrected chi connectivity index (χ1v) is 4.93. The molecule has 1 rings (SSSR count). The van der Waals surface area contributed by atoms with Gasteiger partial charge in [-0.2, -0.15) is 4.98 Å². The number of rotatable bonds is 4. The summed E-state index contributed by atoms with van der Waals surface area (Å²) in [6.45, 7) is 8.44. The Labute approximate surface area is 79.5 Å². The van der Waals surface area contributed by atoms with E-state index in [9.17, 15) is 0 Å². The molecule has 2 atom stereocenters. The standard InChI is InChI=1S/C10H18N2O/c1-5-7(2)6-8(3)10-11-9(4)12-13-10/h7-8H,5-6H2,1-4H3. The maximum Gasteiger partial charge on any atom is 0.229 e. The molecule has 1 aromatic heterocycles. The van der Waals surface area contributed by atoms with Crippen molar-refractivity contribution in [2.45, 2.75) is 46.5 Å². The van der Waals surface area contributed by atoms with E-state index in [2.05, 4.69) is 30.9 Å². The highest BCUT2D eigenvalue weighted by atomic mass is 16.5. The summed E-state index contributed by atoms with van der Waals surface area (Å²) < 4.78 is 5.11. The lowest BCUT2D eigenvalue weighted by molar-refractivity contribution is 0.333. The van der Waals surface area contributed by atoms with Crippen molar-refractivity contribution in [2.24, 2.45) is 5.92 Å². The smallest absolute Gasteiger partial charge is 0.229 e. The van der Waals surface area contributed by atoms with E-state index >= 15 is 0 Å². The van der Waals surface area contributed by atoms with Gasteiger partial charge in [0, 0.05) is 5.92 Å². The molecule has 0 N–H and O–H groups in total. The topological polar surface area (TPSA) is 38.9 Å². The molecule has 13 heavy (non-hydrogen) atoms. The summed E-state index contributed by atoms with van der Waals surface area (Å²) in [5.74, 6) is 2.61. The second kappa shape index (κ2) is 4.40. The molecular weight excluding hydrogens is 164 g/mol. The monoisotopic (exact) mass is 182 g/mol. The Balaban J connectivity index is 2.53. The van der Waals surface area contributed by atoms with Gasteiger partial charge in [0.25, 0.3) is 0 Å². The van der Waals surface area contributed by atoms with E-state index in [-0.39, 0.29) is 0 Å². The van der Waals surface area contributed by atoms with Crippen LogP contribution in [0.3, 0.4) is 0 Å². The van der Waals surface area contributed by atoms with Gasteiger partial charge in [0.1, 0.15) is 0 Å². The van der Waals surface area contributed by atoms with Crippen LogP contribution < -0.4 is 0 Å². The summed E-state index contributed by atoms with van der Waals surface area (Å²) in [7, 11) is 0. The molecule has 74 valence electrons. The van der Waals surface area contributed by atoms with Gasteiger partial charge in [0.15, 0.2) is 5.82 Å². The Morgan fingerprint density at radius 3 is 2.54 bits per heavy atom. The van der Waals surface area contributed by atoms with E-state index in [1.807, 2.05) is 6.92 Å². The van der Waals surface area contributed by atoms with Gasteiger partial charge in [-0.25, -0.2) is 0 Å². The predicted molar refractivity (Wildman–Crippen MR) is 51.5 cm³/mol. The normalized spacial score (nSPS) is 15.7. The fourth-order valence-corrected chi connectivity index (χ4v) is 1.38. The number of hydrogen-bond acceptors (Lipinski definition) is 3. The van der Waals surface area contributed by atoms with Crippen molar-refractivity contribution in [3.63, 3.8) is 0 Å². The summed E-state index contributed by atoms with van der Waals surface area (Å²) in [6, 6.07) is 0. The molecule has 1 aromatic rings. The van der Waals surface area contributed by atoms with Crippen LogP contribution in [0.2, 0.25) is 0 Å². The molecule has 0 amide bonds. The first-order valence-electron chi connectivity index (χ1n) is 4.93. The quantitative estimate of drug-likeness (QED) is 0.718. The highest BCUT2D eigenvalue weighted by molar-refractivity contribution is 4.90. The minimum atomic E-state index is 0.385. The molecule has 0 saturated carbocycles. The van der Waals surface area contributed by atoms with E-state index in [0.29, 0.717) is 5.92 Å². The van der Waals surface area contributed by atoms with E-state index in [1.165, 1.54) is 6.42 Å². The molecule has 0 spiro atoms. The van der Waals surface area contributed by atoms with Crippen molar-refractivity contribution < 1.29 is 4.52 Å². The van der Waals surface area contributed by atoms with Crippen LogP contribution in [0.5, 0.6) is 0 Å². The lowest BCUT2D eigenvalue weighted by Gasteiger charge is -2.11. The van der Waals surface area contributed by atoms with Crippen molar-refractivity contribution in [2.75, 3.05) is 0 Å². The summed E-state index contributed by atoms with van der Waals surface area (Å²) in [5, 5.41) is 3.78. The van der Waals surface area contributed by atoms with E-state index in [4.69, 9.17) is 4.52 Å². The zero-order valence-electron chi connectivity index (χ0n) is 8.87. The average molecular weight is 182 g/mol. The van der Waals surface area contributed by atoms with Crippen LogP contribution in [0, 0.1) is 12.8 Å². The van der Waals surface area contributed by atoms with Gasteiger partial charge in [0.05, 0.1) is 0 Å². The van der Waals surface area contributed by atoms with Gasteiger partial charge in [-0.05, 0) is 19.3 Å². The first-order chi connectivity index (χ1) is 6.13. The zero-order valence-corrected chi connectivity index (χ0v) is 8.87. The molecule has 1 heterocycles. The van der Waals surface area contributed by atoms with Gasteiger partial charge < -0.3 is 4.52 Å². The fourth-order valence-electron chi connectivity index (χ4n) is 1.38. The van der Waals surface area contributed by atoms with Crippen molar-refractivity contribution >= 4 is 0 Å². The van der Waals surface area contributed by atoms with Crippen LogP contribution in [-0.2, 0) is 0 Å². The molecule has 0 fully saturated rings. The number of aromatic nitrogens is 2. The largest absolute Gasteiger partial charge is 0.339 e. The second-order valence-corrected chi connectivity index (χ2v) is 3.83. The minimum Gasteiger partial charge on any atom is -0.339 e. The van der Waals surface area contributed by atoms with Crippen LogP contribution in [0.25, 0.3) is 0 Å². The van der Waals surface area contributed by atoms with Gasteiger partial charge in [0.2, 0.25) is 5.89 Å². The Bertz CT molecular complexity index is 257. The van der Waals surface area contributed by atoms with Gasteiger partial charge in [-0.15, -0.1) is 0 Å². The van der Waals surface area contributed by atoms with Crippen LogP contribution in [0.15, 0.2) is 4.52 Å². The summed E-state index contributed by atoms with van der Waals surface area (Å²) in [6.07, 6.45) is 2.33. The molecule has 0 aliphatic rings. The van der Waals surface area contributed by atoms with Crippen molar-refractivity contribution in [3.8, 4) is 0 Å². The summed E-state index contributed by atoms with van der Waals surface area (Å²) >= 11 is 0. The lowest BCUT2D eigenvalue weighted by Crippen LogP contribution is -2.01. The molecule has 0 radical (unpaired) electrons. The van der Waals surface area contributed by atoms with Gasteiger partial charge in [-0.1, -0.05) is 32.3 Å². The third kappa shape index (κ3) is 2.83. The first kappa shape index (κ1) is 10.2. The number of nitrogens with zero attached hydrogens (tertiary/aromatic N) is 2. The molecule has 0 bridgehead atoms. The third-order valence-corrected chi connectivity index (χ3v) is 2.42. The molecule has 0 aromatic carbocycles. The molecule has 0 saturated heterocycles. The molecule has 0 aliphatic heterocycles. The summed E-state index contributed by atoms with van der Waals surface area (Å²) in [5.41, 5.74) is 0. The van der Waals surface area contributed by atoms with Crippen LogP contribution in [0.1, 0.15) is 51.2 Å². The Morgan fingerprint density at radius 1 is 1.38 bits per heavy atom. The Hall–Kier alpha value is -0.860. The predicted octanol–water partition coefficient (Wildman–Crippen LogP) is 2.92. The maximum absolute atomic E-state index is 5.11. The van der Waals surface area contributed by atoms with Crippen molar-refractivity contribution in [1.82, 2.24) is 10.1 Å². The average Bonchev–Trinajstić information content (AvgIpc) is 2.51. The van der Waals surface area contributed by atoms with E-state index in [1.54, 1.807) is 0 Å². The van der Waals surface area contributed by atoms with Gasteiger partial charge in [-0.3, -0.25) is 0 Å². The lowest BCUT2D eigenvalue weighted by atomic mass is 9.95. The van der Waals surface area contributed by atoms with Crippen LogP contribution in [-0.4, -0.2) is 10.1 Å². The third-order valence-electron chi connectivity index (χ3n) is 2.42. The Kier molecular flexibility index (Phi) is 3.46. The van der Waals surface area contributed by atoms with Crippen molar-refractivity contribution in [3.05, 3.63) is 11.7 Å². The molecule has 3 heteroatoms. The highest BCUT2D eigenvalue weighted by Crippen LogP contribution is 2.22. The van der Waals surface area contributed by atoms with Gasteiger partial charge >= 0.3 is 0 Å². The number of hydrogen-bond donors (Lipinski definition) is 0. The van der Waals surface area contributed by atoms with E-state index in [0.717, 1.165) is 24.1 Å². The zero-order chi connectivity index (χ0) is 9.84.